The zero-order chi connectivity index (χ0) is 14.3. The fourth-order valence-corrected chi connectivity index (χ4v) is 2.19. The van der Waals surface area contributed by atoms with E-state index in [1.54, 1.807) is 0 Å². The van der Waals surface area contributed by atoms with Crippen LogP contribution in [0, 0.1) is 5.41 Å². The first-order valence-corrected chi connectivity index (χ1v) is 6.87. The number of amides is 1. The number of nitrogens with zero attached hydrogens (tertiary/aromatic N) is 2. The van der Waals surface area contributed by atoms with Crippen molar-refractivity contribution in [2.24, 2.45) is 16.3 Å². The van der Waals surface area contributed by atoms with Gasteiger partial charge in [0.25, 0.3) is 0 Å². The summed E-state index contributed by atoms with van der Waals surface area (Å²) in [5, 5.41) is 11.9. The smallest absolute Gasteiger partial charge is 0.224 e. The Kier molecular flexibility index (Phi) is 6.08. The molecule has 0 aliphatic carbocycles. The summed E-state index contributed by atoms with van der Waals surface area (Å²) in [5.41, 5.74) is 5.39. The van der Waals surface area contributed by atoms with Crippen molar-refractivity contribution in [3.63, 3.8) is 0 Å². The highest BCUT2D eigenvalue weighted by molar-refractivity contribution is 5.86. The number of nitrogens with two attached hydrogens (primary N) is 1. The fraction of sp³-hybridized carbons (Fsp3) is 0.846. The molecule has 110 valence electrons. The zero-order valence-electron chi connectivity index (χ0n) is 11.9. The highest BCUT2D eigenvalue weighted by Crippen LogP contribution is 2.31. The van der Waals surface area contributed by atoms with Crippen LogP contribution < -0.4 is 5.73 Å². The van der Waals surface area contributed by atoms with E-state index in [9.17, 15) is 4.79 Å². The second-order valence-corrected chi connectivity index (χ2v) is 5.29. The minimum atomic E-state index is -0.301. The summed E-state index contributed by atoms with van der Waals surface area (Å²) in [7, 11) is 0. The molecule has 0 atom stereocenters. The molecule has 0 aromatic heterocycles. The van der Waals surface area contributed by atoms with Crippen LogP contribution in [0.3, 0.4) is 0 Å². The largest absolute Gasteiger partial charge is 0.409 e. The summed E-state index contributed by atoms with van der Waals surface area (Å²) in [5.74, 6) is 0.378. The molecule has 0 aromatic carbocycles. The van der Waals surface area contributed by atoms with Crippen LogP contribution in [0.4, 0.5) is 0 Å². The van der Waals surface area contributed by atoms with E-state index in [-0.39, 0.29) is 17.2 Å². The monoisotopic (exact) mass is 271 g/mol. The van der Waals surface area contributed by atoms with E-state index >= 15 is 0 Å². The van der Waals surface area contributed by atoms with Crippen molar-refractivity contribution in [2.45, 2.75) is 39.5 Å². The topological polar surface area (TPSA) is 88.2 Å². The Bertz CT molecular complexity index is 323. The van der Waals surface area contributed by atoms with Gasteiger partial charge in [-0.1, -0.05) is 19.0 Å². The molecule has 6 heteroatoms. The second-order valence-electron chi connectivity index (χ2n) is 5.29. The Labute approximate surface area is 114 Å². The Morgan fingerprint density at radius 2 is 2.05 bits per heavy atom. The second kappa shape index (κ2) is 7.33. The molecule has 1 rings (SSSR count). The van der Waals surface area contributed by atoms with Gasteiger partial charge in [-0.05, 0) is 19.3 Å². The summed E-state index contributed by atoms with van der Waals surface area (Å²) in [6, 6.07) is 0. The van der Waals surface area contributed by atoms with Gasteiger partial charge in [0.2, 0.25) is 5.91 Å². The lowest BCUT2D eigenvalue weighted by atomic mass is 9.79. The number of oxime groups is 1. The third-order valence-electron chi connectivity index (χ3n) is 3.75. The predicted octanol–water partition coefficient (Wildman–Crippen LogP) is 1.18. The van der Waals surface area contributed by atoms with Gasteiger partial charge in [-0.2, -0.15) is 0 Å². The molecule has 0 saturated carbocycles. The average Bonchev–Trinajstić information content (AvgIpc) is 2.43. The summed E-state index contributed by atoms with van der Waals surface area (Å²) < 4.78 is 5.32. The number of hydrogen-bond donors (Lipinski definition) is 2. The molecule has 0 radical (unpaired) electrons. The van der Waals surface area contributed by atoms with Gasteiger partial charge in [-0.3, -0.25) is 4.79 Å². The minimum Gasteiger partial charge on any atom is -0.409 e. The maximum absolute atomic E-state index is 11.9. The van der Waals surface area contributed by atoms with E-state index in [0.717, 1.165) is 19.3 Å². The van der Waals surface area contributed by atoms with E-state index in [1.165, 1.54) is 0 Å². The van der Waals surface area contributed by atoms with Gasteiger partial charge in [0, 0.05) is 25.1 Å². The highest BCUT2D eigenvalue weighted by atomic mass is 16.5. The molecule has 0 unspecified atom stereocenters. The molecule has 1 amide bonds. The first-order chi connectivity index (χ1) is 9.03. The summed E-state index contributed by atoms with van der Waals surface area (Å²) in [6.45, 7) is 6.50. The molecule has 1 heterocycles. The number of likely N-dealkylation sites (tertiary alicyclic amines) is 1. The van der Waals surface area contributed by atoms with Gasteiger partial charge in [0.1, 0.15) is 5.84 Å². The molecular formula is C13H25N3O3. The van der Waals surface area contributed by atoms with Crippen molar-refractivity contribution in [3.8, 4) is 0 Å². The Morgan fingerprint density at radius 3 is 2.58 bits per heavy atom. The number of carbonyl (C=O) groups is 1. The summed E-state index contributed by atoms with van der Waals surface area (Å²) in [6.07, 6.45) is 2.85. The molecule has 1 saturated heterocycles. The van der Waals surface area contributed by atoms with Crippen molar-refractivity contribution in [1.29, 1.82) is 0 Å². The van der Waals surface area contributed by atoms with Crippen LogP contribution in [0.15, 0.2) is 5.16 Å². The van der Waals surface area contributed by atoms with Gasteiger partial charge in [0.05, 0.1) is 13.0 Å². The van der Waals surface area contributed by atoms with E-state index in [0.29, 0.717) is 32.7 Å². The van der Waals surface area contributed by atoms with Crippen LogP contribution >= 0.6 is 0 Å². The molecule has 3 N–H and O–H groups in total. The number of amidine groups is 1. The molecule has 1 fully saturated rings. The average molecular weight is 271 g/mol. The standard InChI is InChI=1S/C13H25N3O3/c1-3-9-19-10-4-11(17)16-7-5-13(2,6-8-16)12(14)15-18/h18H,3-10H2,1-2H3,(H2,14,15). The molecule has 1 aliphatic rings. The number of piperidine rings is 1. The lowest BCUT2D eigenvalue weighted by Gasteiger charge is -2.38. The van der Waals surface area contributed by atoms with Crippen LogP contribution in [0.25, 0.3) is 0 Å². The molecule has 1 aliphatic heterocycles. The third-order valence-corrected chi connectivity index (χ3v) is 3.75. The maximum atomic E-state index is 11.9. The van der Waals surface area contributed by atoms with Crippen LogP contribution in [0.5, 0.6) is 0 Å². The number of rotatable bonds is 6. The van der Waals surface area contributed by atoms with Crippen molar-refractivity contribution in [1.82, 2.24) is 4.90 Å². The fourth-order valence-electron chi connectivity index (χ4n) is 2.19. The quantitative estimate of drug-likeness (QED) is 0.250. The lowest BCUT2D eigenvalue weighted by molar-refractivity contribution is -0.134. The van der Waals surface area contributed by atoms with Crippen molar-refractivity contribution >= 4 is 11.7 Å². The van der Waals surface area contributed by atoms with Crippen LogP contribution in [0.1, 0.15) is 39.5 Å². The number of ether oxygens (including phenoxy) is 1. The first-order valence-electron chi connectivity index (χ1n) is 6.87. The van der Waals surface area contributed by atoms with E-state index in [2.05, 4.69) is 5.16 Å². The molecule has 19 heavy (non-hydrogen) atoms. The number of hydrogen-bond acceptors (Lipinski definition) is 4. The minimum absolute atomic E-state index is 0.123. The van der Waals surface area contributed by atoms with Gasteiger partial charge >= 0.3 is 0 Å². The summed E-state index contributed by atoms with van der Waals surface area (Å²) in [4.78, 5) is 13.8. The SMILES string of the molecule is CCCOCCC(=O)N1CCC(C)(C(N)=NO)CC1. The Hall–Kier alpha value is -1.30. The van der Waals surface area contributed by atoms with E-state index < -0.39 is 0 Å². The Morgan fingerprint density at radius 1 is 1.42 bits per heavy atom. The van der Waals surface area contributed by atoms with E-state index in [4.69, 9.17) is 15.7 Å². The molecule has 0 bridgehead atoms. The normalized spacial score (nSPS) is 19.5. The van der Waals surface area contributed by atoms with Crippen molar-refractivity contribution in [2.75, 3.05) is 26.3 Å². The van der Waals surface area contributed by atoms with Crippen LogP contribution in [0.2, 0.25) is 0 Å². The molecule has 0 aromatic rings. The van der Waals surface area contributed by atoms with Gasteiger partial charge in [0.15, 0.2) is 0 Å². The molecular weight excluding hydrogens is 246 g/mol. The predicted molar refractivity (Wildman–Crippen MR) is 73.1 cm³/mol. The van der Waals surface area contributed by atoms with Crippen molar-refractivity contribution < 1.29 is 14.7 Å². The number of carbonyl (C=O) groups excluding carboxylic acids is 1. The first kappa shape index (κ1) is 15.8. The van der Waals surface area contributed by atoms with E-state index in [1.807, 2.05) is 18.7 Å². The lowest BCUT2D eigenvalue weighted by Crippen LogP contribution is -2.47. The van der Waals surface area contributed by atoms with Crippen molar-refractivity contribution in [3.05, 3.63) is 0 Å². The van der Waals surface area contributed by atoms with Gasteiger partial charge in [-0.25, -0.2) is 0 Å². The van der Waals surface area contributed by atoms with Crippen LogP contribution in [-0.4, -0.2) is 48.2 Å². The summed E-state index contributed by atoms with van der Waals surface area (Å²) >= 11 is 0. The zero-order valence-corrected chi connectivity index (χ0v) is 11.9. The van der Waals surface area contributed by atoms with Gasteiger partial charge < -0.3 is 20.6 Å². The maximum Gasteiger partial charge on any atom is 0.224 e. The molecule has 6 nitrogen and oxygen atoms in total. The van der Waals surface area contributed by atoms with Gasteiger partial charge in [-0.15, -0.1) is 0 Å². The Balaban J connectivity index is 2.35. The highest BCUT2D eigenvalue weighted by Gasteiger charge is 2.35. The van der Waals surface area contributed by atoms with Crippen LogP contribution in [-0.2, 0) is 9.53 Å². The third kappa shape index (κ3) is 4.38. The molecule has 0 spiro atoms.